The molecule has 0 aliphatic heterocycles. The maximum absolute atomic E-state index is 5.89. The second kappa shape index (κ2) is 21.2. The molecule has 0 bridgehead atoms. The molecule has 248 valence electrons. The number of hydrogen-bond donors (Lipinski definition) is 0. The van der Waals surface area contributed by atoms with E-state index in [4.69, 9.17) is 14.2 Å². The molecule has 0 aromatic rings. The Morgan fingerprint density at radius 2 is 0.721 bits per heavy atom. The number of hydrogen-bond acceptors (Lipinski definition) is 3. The molecule has 0 radical (unpaired) electrons. The lowest BCUT2D eigenvalue weighted by atomic mass is 9.69. The fourth-order valence-corrected chi connectivity index (χ4v) is 9.15. The van der Waals surface area contributed by atoms with Crippen LogP contribution in [0.4, 0.5) is 0 Å². The highest BCUT2D eigenvalue weighted by Crippen LogP contribution is 2.43. The highest BCUT2D eigenvalue weighted by atomic mass is 16.5. The molecule has 3 heteroatoms. The molecule has 0 amide bonds. The second-order valence-corrected chi connectivity index (χ2v) is 15.2. The monoisotopic (exact) mass is 599 g/mol. The summed E-state index contributed by atoms with van der Waals surface area (Å²) in [6, 6.07) is 0. The second-order valence-electron chi connectivity index (χ2n) is 15.2. The van der Waals surface area contributed by atoms with E-state index in [9.17, 15) is 0 Å². The Hall–Kier alpha value is -0.640. The largest absolute Gasteiger partial charge is 0.381 e. The number of rotatable bonds is 18. The fourth-order valence-electron chi connectivity index (χ4n) is 9.15. The van der Waals surface area contributed by atoms with Gasteiger partial charge in [0.1, 0.15) is 0 Å². The van der Waals surface area contributed by atoms with Crippen LogP contribution in [0, 0.1) is 47.3 Å². The molecule has 4 aliphatic carbocycles. The van der Waals surface area contributed by atoms with Gasteiger partial charge in [0.25, 0.3) is 0 Å². The molecular weight excluding hydrogens is 528 g/mol. The molecule has 43 heavy (non-hydrogen) atoms. The summed E-state index contributed by atoms with van der Waals surface area (Å²) in [5.74, 6) is 7.49. The summed E-state index contributed by atoms with van der Waals surface area (Å²) < 4.78 is 17.5. The molecule has 0 saturated heterocycles. The molecule has 3 nitrogen and oxygen atoms in total. The first-order valence-corrected chi connectivity index (χ1v) is 19.3. The van der Waals surface area contributed by atoms with Crippen LogP contribution in [0.2, 0.25) is 0 Å². The van der Waals surface area contributed by atoms with Crippen LogP contribution in [-0.2, 0) is 14.2 Å². The van der Waals surface area contributed by atoms with Crippen molar-refractivity contribution in [2.45, 2.75) is 142 Å². The minimum atomic E-state index is 0.767. The van der Waals surface area contributed by atoms with Crippen LogP contribution < -0.4 is 0 Å². The van der Waals surface area contributed by atoms with E-state index >= 15 is 0 Å². The van der Waals surface area contributed by atoms with Crippen LogP contribution >= 0.6 is 0 Å². The van der Waals surface area contributed by atoms with Gasteiger partial charge >= 0.3 is 0 Å². The van der Waals surface area contributed by atoms with Crippen molar-refractivity contribution in [1.82, 2.24) is 0 Å². The van der Waals surface area contributed by atoms with Gasteiger partial charge in [0, 0.05) is 26.4 Å². The van der Waals surface area contributed by atoms with Gasteiger partial charge in [-0.25, -0.2) is 0 Å². The van der Waals surface area contributed by atoms with Crippen LogP contribution in [0.15, 0.2) is 24.3 Å². The highest BCUT2D eigenvalue weighted by molar-refractivity contribution is 4.90. The Kier molecular flexibility index (Phi) is 17.4. The lowest BCUT2D eigenvalue weighted by Gasteiger charge is -2.37. The summed E-state index contributed by atoms with van der Waals surface area (Å²) in [5, 5.41) is 0. The van der Waals surface area contributed by atoms with E-state index in [0.29, 0.717) is 0 Å². The zero-order valence-electron chi connectivity index (χ0n) is 28.5. The SMILES string of the molecule is CCCOC[C@H]1CC[C@H]([C@H]2CC[C@H](CC=CCOCC=CC[C@H]3CC[C@H]([C@H]4CC[C@H](COCCC)CC4)CC3)CC2)CC1. The van der Waals surface area contributed by atoms with E-state index < -0.39 is 0 Å². The molecule has 4 aliphatic rings. The minimum absolute atomic E-state index is 0.767. The van der Waals surface area contributed by atoms with Gasteiger partial charge in [-0.1, -0.05) is 38.2 Å². The van der Waals surface area contributed by atoms with Crippen LogP contribution in [0.3, 0.4) is 0 Å². The van der Waals surface area contributed by atoms with Crippen molar-refractivity contribution in [3.05, 3.63) is 24.3 Å². The van der Waals surface area contributed by atoms with Crippen molar-refractivity contribution in [2.75, 3.05) is 39.6 Å². The maximum Gasteiger partial charge on any atom is 0.0651 e. The van der Waals surface area contributed by atoms with Crippen molar-refractivity contribution >= 4 is 0 Å². The Balaban J connectivity index is 0.953. The van der Waals surface area contributed by atoms with Crippen molar-refractivity contribution in [3.8, 4) is 0 Å². The van der Waals surface area contributed by atoms with Gasteiger partial charge in [-0.3, -0.25) is 0 Å². The predicted octanol–water partition coefficient (Wildman–Crippen LogP) is 11.0. The molecule has 0 N–H and O–H groups in total. The summed E-state index contributed by atoms with van der Waals surface area (Å²) in [4.78, 5) is 0. The Bertz CT molecular complexity index is 667. The van der Waals surface area contributed by atoms with Gasteiger partial charge in [0.2, 0.25) is 0 Å². The first kappa shape index (κ1) is 35.2. The maximum atomic E-state index is 5.89. The van der Waals surface area contributed by atoms with E-state index in [2.05, 4.69) is 38.2 Å². The molecule has 0 atom stereocenters. The third-order valence-corrected chi connectivity index (χ3v) is 12.0. The predicted molar refractivity (Wildman–Crippen MR) is 182 cm³/mol. The molecular formula is C40H70O3. The standard InChI is InChI=1S/C40H70O3/c1-3-27-42-31-35-15-23-39(24-16-35)37-19-11-33(12-20-37)9-5-7-29-41-30-8-6-10-34-13-21-38(22-14-34)40-25-17-36(18-26-40)32-43-28-4-2/h5-8,33-40H,3-4,9-32H2,1-2H3/t33-,34-,35-,36-,37-,38-,39-,40-. The van der Waals surface area contributed by atoms with E-state index in [0.717, 1.165) is 99.8 Å². The molecule has 4 fully saturated rings. The smallest absolute Gasteiger partial charge is 0.0651 e. The van der Waals surface area contributed by atoms with Gasteiger partial charge < -0.3 is 14.2 Å². The Morgan fingerprint density at radius 1 is 0.395 bits per heavy atom. The molecule has 4 rings (SSSR count). The molecule has 0 unspecified atom stereocenters. The Labute approximate surface area is 267 Å². The molecule has 0 aromatic carbocycles. The molecule has 4 saturated carbocycles. The lowest BCUT2D eigenvalue weighted by Crippen LogP contribution is -2.27. The van der Waals surface area contributed by atoms with E-state index in [1.165, 1.54) is 116 Å². The molecule has 0 aromatic heterocycles. The topological polar surface area (TPSA) is 27.7 Å². The zero-order valence-corrected chi connectivity index (χ0v) is 28.5. The minimum Gasteiger partial charge on any atom is -0.381 e. The van der Waals surface area contributed by atoms with Gasteiger partial charge in [0.15, 0.2) is 0 Å². The van der Waals surface area contributed by atoms with E-state index in [-0.39, 0.29) is 0 Å². The summed E-state index contributed by atoms with van der Waals surface area (Å²) in [7, 11) is 0. The normalized spacial score (nSPS) is 34.3. The average Bonchev–Trinajstić information content (AvgIpc) is 3.05. The highest BCUT2D eigenvalue weighted by Gasteiger charge is 2.32. The Morgan fingerprint density at radius 3 is 1.05 bits per heavy atom. The summed E-state index contributed by atoms with van der Waals surface area (Å²) in [6.07, 6.45) is 37.3. The van der Waals surface area contributed by atoms with Gasteiger partial charge in [0.05, 0.1) is 13.2 Å². The number of ether oxygens (including phenoxy) is 3. The first-order valence-electron chi connectivity index (χ1n) is 19.3. The molecule has 0 heterocycles. The first-order chi connectivity index (χ1) is 21.2. The quantitative estimate of drug-likeness (QED) is 0.116. The summed E-state index contributed by atoms with van der Waals surface area (Å²) in [5.41, 5.74) is 0. The summed E-state index contributed by atoms with van der Waals surface area (Å²) >= 11 is 0. The van der Waals surface area contributed by atoms with Crippen LogP contribution in [0.5, 0.6) is 0 Å². The number of allylic oxidation sites excluding steroid dienone is 2. The van der Waals surface area contributed by atoms with Crippen molar-refractivity contribution in [1.29, 1.82) is 0 Å². The van der Waals surface area contributed by atoms with Gasteiger partial charge in [-0.05, 0) is 176 Å². The summed E-state index contributed by atoms with van der Waals surface area (Å²) in [6.45, 7) is 9.86. The van der Waals surface area contributed by atoms with Gasteiger partial charge in [-0.15, -0.1) is 0 Å². The zero-order chi connectivity index (χ0) is 30.0. The van der Waals surface area contributed by atoms with Gasteiger partial charge in [-0.2, -0.15) is 0 Å². The van der Waals surface area contributed by atoms with Crippen LogP contribution in [-0.4, -0.2) is 39.6 Å². The van der Waals surface area contributed by atoms with E-state index in [1.54, 1.807) is 0 Å². The third-order valence-electron chi connectivity index (χ3n) is 12.0. The third kappa shape index (κ3) is 13.3. The molecule has 0 spiro atoms. The van der Waals surface area contributed by atoms with Crippen molar-refractivity contribution < 1.29 is 14.2 Å². The van der Waals surface area contributed by atoms with Crippen LogP contribution in [0.1, 0.15) is 142 Å². The average molecular weight is 599 g/mol. The lowest BCUT2D eigenvalue weighted by molar-refractivity contribution is 0.0652. The van der Waals surface area contributed by atoms with Crippen LogP contribution in [0.25, 0.3) is 0 Å². The van der Waals surface area contributed by atoms with Crippen molar-refractivity contribution in [2.24, 2.45) is 47.3 Å². The van der Waals surface area contributed by atoms with E-state index in [1.807, 2.05) is 0 Å². The van der Waals surface area contributed by atoms with Crippen molar-refractivity contribution in [3.63, 3.8) is 0 Å². The fraction of sp³-hybridized carbons (Fsp3) is 0.900.